The van der Waals surface area contributed by atoms with Crippen LogP contribution in [0.1, 0.15) is 19.3 Å². The Labute approximate surface area is 261 Å². The largest absolute Gasteiger partial charge is 0.468 e. The van der Waals surface area contributed by atoms with Gasteiger partial charge in [0.1, 0.15) is 0 Å². The number of rotatable bonds is 14. The molecule has 2 rings (SSSR count). The molecule has 0 saturated carbocycles. The lowest BCUT2D eigenvalue weighted by Gasteiger charge is -2.37. The van der Waals surface area contributed by atoms with E-state index < -0.39 is 83.5 Å². The first-order chi connectivity index (χ1) is 21.2. The monoisotopic (exact) mass is 660 g/mol. The third kappa shape index (κ3) is 7.16. The normalized spacial score (nSPS) is 11.6. The van der Waals surface area contributed by atoms with Crippen LogP contribution in [0.25, 0.3) is 0 Å². The molecule has 12 nitrogen and oxygen atoms in total. The van der Waals surface area contributed by atoms with Crippen molar-refractivity contribution in [2.24, 2.45) is 10.8 Å². The van der Waals surface area contributed by atoms with E-state index in [1.165, 1.54) is 48.5 Å². The van der Waals surface area contributed by atoms with Crippen LogP contribution in [0.2, 0.25) is 0 Å². The van der Waals surface area contributed by atoms with E-state index in [1.807, 2.05) is 0 Å². The molecule has 0 bridgehead atoms. The van der Waals surface area contributed by atoms with Crippen molar-refractivity contribution in [1.29, 1.82) is 0 Å². The second-order valence-electron chi connectivity index (χ2n) is 9.49. The summed E-state index contributed by atoms with van der Waals surface area (Å²) < 4.78 is 73.9. The van der Waals surface area contributed by atoms with Crippen molar-refractivity contribution in [2.45, 2.75) is 29.1 Å². The lowest BCUT2D eigenvalue weighted by molar-refractivity contribution is -0.180. The summed E-state index contributed by atoms with van der Waals surface area (Å²) in [5, 5.41) is 0. The van der Waals surface area contributed by atoms with E-state index in [1.54, 1.807) is 12.1 Å². The number of methoxy groups -OCH3 is 4. The molecule has 0 aliphatic carbocycles. The number of hydrogen-bond acceptors (Lipinski definition) is 12. The van der Waals surface area contributed by atoms with E-state index in [2.05, 4.69) is 24.6 Å². The summed E-state index contributed by atoms with van der Waals surface area (Å²) in [7, 11) is -5.50. The molecule has 0 amide bonds. The summed E-state index contributed by atoms with van der Waals surface area (Å²) in [6.45, 7) is 6.81. The van der Waals surface area contributed by atoms with Gasteiger partial charge < -0.3 is 18.9 Å². The molecule has 2 aromatic rings. The lowest BCUT2D eigenvalue weighted by Crippen LogP contribution is -2.52. The number of allylic oxidation sites excluding steroid dienone is 2. The fourth-order valence-corrected chi connectivity index (χ4v) is 7.56. The van der Waals surface area contributed by atoms with Gasteiger partial charge in [0.25, 0.3) is 0 Å². The van der Waals surface area contributed by atoms with Crippen LogP contribution < -0.4 is 0 Å². The molecule has 0 radical (unpaired) electrons. The van der Waals surface area contributed by atoms with Gasteiger partial charge in [0, 0.05) is 19.3 Å². The Kier molecular flexibility index (Phi) is 12.0. The van der Waals surface area contributed by atoms with Crippen molar-refractivity contribution >= 4 is 43.6 Å². The minimum Gasteiger partial charge on any atom is -0.468 e. The van der Waals surface area contributed by atoms with Crippen molar-refractivity contribution in [1.82, 2.24) is 0 Å². The highest BCUT2D eigenvalue weighted by Crippen LogP contribution is 2.48. The maximum Gasteiger partial charge on any atom is 0.323 e. The third-order valence-corrected chi connectivity index (χ3v) is 10.6. The van der Waals surface area contributed by atoms with Gasteiger partial charge in [-0.2, -0.15) is 0 Å². The molecule has 0 heterocycles. The van der Waals surface area contributed by atoms with Crippen molar-refractivity contribution in [3.63, 3.8) is 0 Å². The summed E-state index contributed by atoms with van der Waals surface area (Å²) in [6.07, 6.45) is -3.41. The number of esters is 4. The SMILES string of the molecule is C=C=C(CC(CC(CC(=C=C)S(=O)(=O)c1ccccc1)(C(=O)OC)C(=O)OC)(C(=O)OC)C(=O)OC)S(=O)(=O)c1ccccc1. The minimum atomic E-state index is -4.49. The van der Waals surface area contributed by atoms with Gasteiger partial charge in [-0.05, 0) is 24.3 Å². The van der Waals surface area contributed by atoms with Gasteiger partial charge in [-0.1, -0.05) is 49.6 Å². The smallest absolute Gasteiger partial charge is 0.323 e. The van der Waals surface area contributed by atoms with E-state index in [-0.39, 0.29) is 9.79 Å². The predicted octanol–water partition coefficient (Wildman–Crippen LogP) is 3.11. The number of benzene rings is 2. The Morgan fingerprint density at radius 2 is 0.844 bits per heavy atom. The van der Waals surface area contributed by atoms with Crippen LogP contribution >= 0.6 is 0 Å². The van der Waals surface area contributed by atoms with E-state index in [0.29, 0.717) is 0 Å². The lowest BCUT2D eigenvalue weighted by atomic mass is 9.67. The van der Waals surface area contributed by atoms with Crippen molar-refractivity contribution in [3.05, 3.63) is 95.1 Å². The van der Waals surface area contributed by atoms with Crippen LogP contribution in [0, 0.1) is 10.8 Å². The number of carbonyl (C=O) groups excluding carboxylic acids is 4. The summed E-state index contributed by atoms with van der Waals surface area (Å²) in [6, 6.07) is 13.8. The average molecular weight is 661 g/mol. The van der Waals surface area contributed by atoms with Crippen LogP contribution in [-0.4, -0.2) is 69.2 Å². The van der Waals surface area contributed by atoms with E-state index >= 15 is 0 Å². The molecule has 14 heteroatoms. The summed E-state index contributed by atoms with van der Waals surface area (Å²) in [5.74, 6) is -5.73. The molecule has 240 valence electrons. The van der Waals surface area contributed by atoms with Crippen molar-refractivity contribution in [3.8, 4) is 0 Å². The van der Waals surface area contributed by atoms with E-state index in [9.17, 15) is 36.0 Å². The molecule has 0 aliphatic heterocycles. The van der Waals surface area contributed by atoms with Gasteiger partial charge in [0.05, 0.1) is 48.0 Å². The van der Waals surface area contributed by atoms with Crippen LogP contribution in [-0.2, 0) is 57.8 Å². The van der Waals surface area contributed by atoms with Crippen LogP contribution in [0.15, 0.2) is 105 Å². The minimum absolute atomic E-state index is 0.252. The third-order valence-electron chi connectivity index (χ3n) is 6.98. The molecule has 2 aromatic carbocycles. The van der Waals surface area contributed by atoms with Gasteiger partial charge in [-0.3, -0.25) is 19.2 Å². The number of hydrogen-bond donors (Lipinski definition) is 0. The van der Waals surface area contributed by atoms with Gasteiger partial charge >= 0.3 is 23.9 Å². The van der Waals surface area contributed by atoms with Crippen LogP contribution in [0.3, 0.4) is 0 Å². The summed E-state index contributed by atoms with van der Waals surface area (Å²) in [5.41, 5.74) is -1.16. The zero-order valence-electron chi connectivity index (χ0n) is 25.0. The van der Waals surface area contributed by atoms with E-state index in [4.69, 9.17) is 18.9 Å². The van der Waals surface area contributed by atoms with Gasteiger partial charge in [-0.25, -0.2) is 16.8 Å². The summed E-state index contributed by atoms with van der Waals surface area (Å²) in [4.78, 5) is 52.4. The average Bonchev–Trinajstić information content (AvgIpc) is 3.07. The number of sulfone groups is 2. The Morgan fingerprint density at radius 3 is 1.07 bits per heavy atom. The molecule has 0 fully saturated rings. The molecular weight excluding hydrogens is 628 g/mol. The van der Waals surface area contributed by atoms with Crippen molar-refractivity contribution < 1.29 is 55.0 Å². The maximum atomic E-state index is 13.6. The molecule has 0 atom stereocenters. The second kappa shape index (κ2) is 14.8. The number of ether oxygens (including phenoxy) is 4. The van der Waals surface area contributed by atoms with Crippen LogP contribution in [0.5, 0.6) is 0 Å². The fraction of sp³-hybridized carbons (Fsp3) is 0.290. The van der Waals surface area contributed by atoms with E-state index in [0.717, 1.165) is 28.4 Å². The Balaban J connectivity index is 2.96. The van der Waals surface area contributed by atoms with Gasteiger partial charge in [0.2, 0.25) is 19.7 Å². The quantitative estimate of drug-likeness (QED) is 0.126. The Bertz CT molecular complexity index is 1600. The molecule has 0 N–H and O–H groups in total. The first-order valence-corrected chi connectivity index (χ1v) is 15.9. The van der Waals surface area contributed by atoms with Gasteiger partial charge in [-0.15, -0.1) is 11.5 Å². The molecule has 0 unspecified atom stereocenters. The molecule has 45 heavy (non-hydrogen) atoms. The first kappa shape index (κ1) is 36.5. The predicted molar refractivity (Wildman–Crippen MR) is 159 cm³/mol. The molecule has 0 aromatic heterocycles. The van der Waals surface area contributed by atoms with Crippen molar-refractivity contribution in [2.75, 3.05) is 28.4 Å². The standard InChI is InChI=1S/C31H32O12S2/c1-7-22(44(36,37)24-15-11-9-12-16-24)19-30(26(32)40-3,27(33)41-4)21-31(28(34)42-5,29(35)43-6)20-23(8-2)45(38,39)25-17-13-10-14-18-25/h9-18H,1-2,19-21H2,3-6H3. The maximum absolute atomic E-state index is 13.6. The molecule has 0 aliphatic rings. The Morgan fingerprint density at radius 1 is 0.578 bits per heavy atom. The highest BCUT2D eigenvalue weighted by molar-refractivity contribution is 7.95. The zero-order chi connectivity index (χ0) is 34.1. The fourth-order valence-electron chi connectivity index (χ4n) is 4.70. The number of carbonyl (C=O) groups is 4. The Hall–Kier alpha value is -4.74. The molecule has 0 spiro atoms. The van der Waals surface area contributed by atoms with Crippen LogP contribution in [0.4, 0.5) is 0 Å². The highest BCUT2D eigenvalue weighted by Gasteiger charge is 2.62. The second-order valence-corrected chi connectivity index (χ2v) is 13.4. The summed E-state index contributed by atoms with van der Waals surface area (Å²) >= 11 is 0. The molecular formula is C31H32O12S2. The zero-order valence-corrected chi connectivity index (χ0v) is 26.7. The first-order valence-electron chi connectivity index (χ1n) is 12.9. The molecule has 0 saturated heterocycles. The topological polar surface area (TPSA) is 173 Å². The van der Waals surface area contributed by atoms with Gasteiger partial charge in [0.15, 0.2) is 10.8 Å². The highest BCUT2D eigenvalue weighted by atomic mass is 32.2.